The average molecular weight is 278 g/mol. The van der Waals surface area contributed by atoms with Gasteiger partial charge in [-0.1, -0.05) is 25.3 Å². The van der Waals surface area contributed by atoms with Gasteiger partial charge in [-0.15, -0.1) is 0 Å². The maximum Gasteiger partial charge on any atom is 0.327 e. The van der Waals surface area contributed by atoms with Crippen molar-refractivity contribution in [3.05, 3.63) is 25.3 Å². The third-order valence-corrected chi connectivity index (χ3v) is 2.76. The van der Waals surface area contributed by atoms with Crippen molar-refractivity contribution in [2.24, 2.45) is 0 Å². The normalized spacial score (nSPS) is 12.3. The molecule has 0 aliphatic rings. The van der Waals surface area contributed by atoms with Crippen LogP contribution < -0.4 is 0 Å². The Morgan fingerprint density at radius 2 is 1.67 bits per heavy atom. The van der Waals surface area contributed by atoms with Crippen LogP contribution in [-0.2, 0) is 29.2 Å². The molecular formula is C10H14O7S. The molecule has 0 aliphatic heterocycles. The number of hydrogen-bond donors (Lipinski definition) is 1. The van der Waals surface area contributed by atoms with Crippen LogP contribution in [0.4, 0.5) is 0 Å². The average Bonchev–Trinajstić information content (AvgIpc) is 2.28. The summed E-state index contributed by atoms with van der Waals surface area (Å²) in [5, 5.41) is -2.00. The summed E-state index contributed by atoms with van der Waals surface area (Å²) in [5.74, 6) is -2.21. The molecule has 1 unspecified atom stereocenters. The first-order valence-electron chi connectivity index (χ1n) is 4.83. The van der Waals surface area contributed by atoms with E-state index in [9.17, 15) is 18.0 Å². The number of carbonyl (C=O) groups is 2. The molecule has 0 spiro atoms. The van der Waals surface area contributed by atoms with Crippen LogP contribution >= 0.6 is 0 Å². The smallest absolute Gasteiger partial charge is 0.327 e. The first-order chi connectivity index (χ1) is 8.32. The fourth-order valence-electron chi connectivity index (χ4n) is 0.906. The number of carbonyl (C=O) groups excluding carboxylic acids is 2. The summed E-state index contributed by atoms with van der Waals surface area (Å²) < 4.78 is 39.7. The zero-order valence-electron chi connectivity index (χ0n) is 9.57. The largest absolute Gasteiger partial charge is 0.461 e. The minimum absolute atomic E-state index is 0.126. The summed E-state index contributed by atoms with van der Waals surface area (Å²) >= 11 is 0. The zero-order valence-corrected chi connectivity index (χ0v) is 10.4. The quantitative estimate of drug-likeness (QED) is 0.381. The van der Waals surface area contributed by atoms with Crippen LogP contribution in [0.1, 0.15) is 6.42 Å². The highest BCUT2D eigenvalue weighted by atomic mass is 32.2. The lowest BCUT2D eigenvalue weighted by Crippen LogP contribution is -2.34. The van der Waals surface area contributed by atoms with E-state index in [1.807, 2.05) is 0 Å². The van der Waals surface area contributed by atoms with Gasteiger partial charge in [0.05, 0.1) is 6.42 Å². The van der Waals surface area contributed by atoms with Crippen LogP contribution in [0.15, 0.2) is 25.3 Å². The summed E-state index contributed by atoms with van der Waals surface area (Å²) in [6.45, 7) is 6.20. The van der Waals surface area contributed by atoms with Gasteiger partial charge < -0.3 is 9.47 Å². The maximum atomic E-state index is 11.3. The molecule has 0 amide bonds. The number of hydrogen-bond acceptors (Lipinski definition) is 6. The summed E-state index contributed by atoms with van der Waals surface area (Å²) in [6, 6.07) is 0. The molecule has 0 aliphatic carbocycles. The third kappa shape index (κ3) is 6.16. The Hall–Kier alpha value is -1.67. The maximum absolute atomic E-state index is 11.3. The van der Waals surface area contributed by atoms with Gasteiger partial charge in [0, 0.05) is 0 Å². The second kappa shape index (κ2) is 7.62. The molecule has 0 aromatic rings. The van der Waals surface area contributed by atoms with Gasteiger partial charge >= 0.3 is 11.9 Å². The van der Waals surface area contributed by atoms with E-state index in [2.05, 4.69) is 22.6 Å². The fourth-order valence-corrected chi connectivity index (χ4v) is 1.56. The van der Waals surface area contributed by atoms with Crippen LogP contribution in [0.25, 0.3) is 0 Å². The van der Waals surface area contributed by atoms with E-state index in [4.69, 9.17) is 4.55 Å². The Morgan fingerprint density at radius 1 is 1.17 bits per heavy atom. The molecule has 0 heterocycles. The highest BCUT2D eigenvalue weighted by Gasteiger charge is 2.35. The monoisotopic (exact) mass is 278 g/mol. The standard InChI is InChI=1S/C10H14O7S/c1-3-5-16-9(11)7-8(18(13,14)15)10(12)17-6-4-2/h3-4,8H,1-2,5-7H2,(H,13,14,15). The van der Waals surface area contributed by atoms with Crippen molar-refractivity contribution in [2.45, 2.75) is 11.7 Å². The second-order valence-electron chi connectivity index (χ2n) is 3.10. The molecule has 102 valence electrons. The van der Waals surface area contributed by atoms with Gasteiger partial charge in [0.2, 0.25) is 0 Å². The molecular weight excluding hydrogens is 264 g/mol. The lowest BCUT2D eigenvalue weighted by atomic mass is 10.3. The molecule has 1 atom stereocenters. The van der Waals surface area contributed by atoms with Crippen molar-refractivity contribution < 1.29 is 32.0 Å². The molecule has 18 heavy (non-hydrogen) atoms. The van der Waals surface area contributed by atoms with Gasteiger partial charge in [-0.2, -0.15) is 8.42 Å². The molecule has 0 radical (unpaired) electrons. The molecule has 0 saturated heterocycles. The highest BCUT2D eigenvalue weighted by molar-refractivity contribution is 7.87. The minimum atomic E-state index is -4.75. The molecule has 0 rings (SSSR count). The summed E-state index contributed by atoms with van der Waals surface area (Å²) in [6.07, 6.45) is 1.66. The first-order valence-corrected chi connectivity index (χ1v) is 6.33. The van der Waals surface area contributed by atoms with Crippen LogP contribution in [0.5, 0.6) is 0 Å². The summed E-state index contributed by atoms with van der Waals surface area (Å²) in [7, 11) is -4.75. The molecule has 8 heteroatoms. The molecule has 7 nitrogen and oxygen atoms in total. The van der Waals surface area contributed by atoms with Crippen molar-refractivity contribution in [3.8, 4) is 0 Å². The number of esters is 2. The van der Waals surface area contributed by atoms with Crippen LogP contribution in [0, 0.1) is 0 Å². The van der Waals surface area contributed by atoms with Gasteiger partial charge in [-0.3, -0.25) is 14.1 Å². The van der Waals surface area contributed by atoms with Crippen molar-refractivity contribution in [1.82, 2.24) is 0 Å². The van der Waals surface area contributed by atoms with E-state index < -0.39 is 33.7 Å². The molecule has 0 fully saturated rings. The van der Waals surface area contributed by atoms with Crippen molar-refractivity contribution in [1.29, 1.82) is 0 Å². The van der Waals surface area contributed by atoms with Crippen molar-refractivity contribution in [3.63, 3.8) is 0 Å². The molecule has 0 aromatic carbocycles. The van der Waals surface area contributed by atoms with E-state index in [0.29, 0.717) is 0 Å². The number of ether oxygens (including phenoxy) is 2. The van der Waals surface area contributed by atoms with Gasteiger partial charge in [0.25, 0.3) is 10.1 Å². The predicted molar refractivity (Wildman–Crippen MR) is 62.3 cm³/mol. The van der Waals surface area contributed by atoms with E-state index in [1.165, 1.54) is 12.2 Å². The van der Waals surface area contributed by atoms with Gasteiger partial charge in [0.15, 0.2) is 5.25 Å². The van der Waals surface area contributed by atoms with Crippen LogP contribution in [0.2, 0.25) is 0 Å². The van der Waals surface area contributed by atoms with E-state index in [-0.39, 0.29) is 13.2 Å². The Bertz CT molecular complexity index is 424. The number of rotatable bonds is 8. The third-order valence-electron chi connectivity index (χ3n) is 1.68. The van der Waals surface area contributed by atoms with E-state index in [1.54, 1.807) is 0 Å². The van der Waals surface area contributed by atoms with Crippen molar-refractivity contribution in [2.75, 3.05) is 13.2 Å². The minimum Gasteiger partial charge on any atom is -0.461 e. The Labute approximate surface area is 105 Å². The van der Waals surface area contributed by atoms with Crippen molar-refractivity contribution >= 4 is 22.1 Å². The molecule has 0 bridgehead atoms. The summed E-state index contributed by atoms with van der Waals surface area (Å²) in [4.78, 5) is 22.5. The Morgan fingerprint density at radius 3 is 2.11 bits per heavy atom. The van der Waals surface area contributed by atoms with Gasteiger partial charge in [0.1, 0.15) is 13.2 Å². The lowest BCUT2D eigenvalue weighted by molar-refractivity contribution is -0.148. The summed E-state index contributed by atoms with van der Waals surface area (Å²) in [5.41, 5.74) is 0. The Kier molecular flexibility index (Phi) is 6.91. The van der Waals surface area contributed by atoms with Crippen LogP contribution in [0.3, 0.4) is 0 Å². The van der Waals surface area contributed by atoms with Gasteiger partial charge in [-0.05, 0) is 0 Å². The molecule has 0 saturated carbocycles. The lowest BCUT2D eigenvalue weighted by Gasteiger charge is -2.11. The SMILES string of the molecule is C=CCOC(=O)CC(C(=O)OCC=C)S(=O)(=O)O. The highest BCUT2D eigenvalue weighted by Crippen LogP contribution is 2.08. The van der Waals surface area contributed by atoms with E-state index >= 15 is 0 Å². The molecule has 0 aromatic heterocycles. The predicted octanol–water partition coefficient (Wildman–Crippen LogP) is 0.0913. The first kappa shape index (κ1) is 16.3. The Balaban J connectivity index is 4.70. The molecule has 1 N–H and O–H groups in total. The topological polar surface area (TPSA) is 107 Å². The zero-order chi connectivity index (χ0) is 14.2. The van der Waals surface area contributed by atoms with Gasteiger partial charge in [-0.25, -0.2) is 0 Å². The van der Waals surface area contributed by atoms with E-state index in [0.717, 1.165) is 0 Å². The second-order valence-corrected chi connectivity index (χ2v) is 4.70. The fraction of sp³-hybridized carbons (Fsp3) is 0.400. The van der Waals surface area contributed by atoms with Crippen LogP contribution in [-0.4, -0.2) is 43.4 Å².